The summed E-state index contributed by atoms with van der Waals surface area (Å²) < 4.78 is 7.68. The highest BCUT2D eigenvalue weighted by atomic mass is 16.5. The fraction of sp³-hybridized carbons (Fsp3) is 0.379. The number of hydrogen-bond acceptors (Lipinski definition) is 6. The van der Waals surface area contributed by atoms with Gasteiger partial charge in [-0.05, 0) is 63.1 Å². The molecule has 36 heavy (non-hydrogen) atoms. The Morgan fingerprint density at radius 2 is 1.81 bits per heavy atom. The van der Waals surface area contributed by atoms with Crippen molar-refractivity contribution in [2.75, 3.05) is 38.2 Å². The Hall–Kier alpha value is -3.42. The van der Waals surface area contributed by atoms with Crippen LogP contribution in [0.25, 0.3) is 16.6 Å². The van der Waals surface area contributed by atoms with Crippen molar-refractivity contribution < 1.29 is 9.84 Å². The molecule has 3 heterocycles. The summed E-state index contributed by atoms with van der Waals surface area (Å²) in [6.45, 7) is 7.29. The average molecular weight is 486 g/mol. The molecule has 0 radical (unpaired) electrons. The fourth-order valence-electron chi connectivity index (χ4n) is 5.19. The van der Waals surface area contributed by atoms with Crippen molar-refractivity contribution in [3.05, 3.63) is 78.8 Å². The van der Waals surface area contributed by atoms with E-state index in [2.05, 4.69) is 40.1 Å². The van der Waals surface area contributed by atoms with Gasteiger partial charge in [0.15, 0.2) is 0 Å². The number of fused-ring (bicyclic) bond motifs is 1. The summed E-state index contributed by atoms with van der Waals surface area (Å²) in [7, 11) is 1.72. The first-order valence-electron chi connectivity index (χ1n) is 12.7. The number of pyridine rings is 1. The molecule has 7 heteroatoms. The van der Waals surface area contributed by atoms with Crippen molar-refractivity contribution in [2.45, 2.75) is 38.3 Å². The van der Waals surface area contributed by atoms with Gasteiger partial charge in [0.05, 0.1) is 35.7 Å². The molecule has 4 aromatic rings. The molecular formula is C29H35N5O2. The first kappa shape index (κ1) is 24.3. The Balaban J connectivity index is 1.42. The molecular weight excluding hydrogens is 450 g/mol. The zero-order valence-corrected chi connectivity index (χ0v) is 21.3. The summed E-state index contributed by atoms with van der Waals surface area (Å²) in [6, 6.07) is 20.4. The van der Waals surface area contributed by atoms with Crippen molar-refractivity contribution in [2.24, 2.45) is 0 Å². The Morgan fingerprint density at radius 3 is 2.58 bits per heavy atom. The van der Waals surface area contributed by atoms with Crippen LogP contribution in [0.1, 0.15) is 38.4 Å². The molecule has 0 amide bonds. The molecule has 0 spiro atoms. The first-order chi connectivity index (χ1) is 17.4. The van der Waals surface area contributed by atoms with Crippen molar-refractivity contribution >= 4 is 16.6 Å². The van der Waals surface area contributed by atoms with Gasteiger partial charge in [0.2, 0.25) is 0 Å². The lowest BCUT2D eigenvalue weighted by atomic mass is 9.95. The van der Waals surface area contributed by atoms with Gasteiger partial charge >= 0.3 is 0 Å². The average Bonchev–Trinajstić information content (AvgIpc) is 3.25. The molecule has 0 aliphatic carbocycles. The van der Waals surface area contributed by atoms with Gasteiger partial charge in [0.25, 0.3) is 0 Å². The number of hydrogen-bond donors (Lipinski definition) is 1. The van der Waals surface area contributed by atoms with Crippen molar-refractivity contribution in [1.82, 2.24) is 19.7 Å². The first-order valence-corrected chi connectivity index (χ1v) is 12.7. The second-order valence-corrected chi connectivity index (χ2v) is 10.1. The Morgan fingerprint density at radius 1 is 0.972 bits per heavy atom. The molecule has 2 aromatic carbocycles. The predicted octanol–water partition coefficient (Wildman–Crippen LogP) is 4.84. The van der Waals surface area contributed by atoms with E-state index in [4.69, 9.17) is 14.8 Å². The predicted molar refractivity (Wildman–Crippen MR) is 144 cm³/mol. The van der Waals surface area contributed by atoms with Crippen LogP contribution < -0.4 is 9.64 Å². The second kappa shape index (κ2) is 10.3. The maximum atomic E-state index is 10.8. The summed E-state index contributed by atoms with van der Waals surface area (Å²) in [4.78, 5) is 9.57. The molecule has 2 aromatic heterocycles. The number of anilines is 1. The molecule has 5 rings (SSSR count). The van der Waals surface area contributed by atoms with Crippen molar-refractivity contribution in [3.8, 4) is 11.4 Å². The number of nitrogens with zero attached hydrogens (tertiary/aromatic N) is 5. The number of rotatable bonds is 7. The Bertz CT molecular complexity index is 1300. The number of aromatic nitrogens is 3. The van der Waals surface area contributed by atoms with Crippen LogP contribution >= 0.6 is 0 Å². The number of aliphatic hydroxyl groups is 1. The summed E-state index contributed by atoms with van der Waals surface area (Å²) in [5, 5.41) is 16.8. The third-order valence-electron chi connectivity index (χ3n) is 6.88. The standard InChI is InChI=1S/C29H35N5O2/c1-29(2,35)21-25(24-14-18-34(31-24)23-10-5-4-6-11-23)32-16-8-17-33(20-19-32)28-26(36-3)13-12-22-9-7-15-30-27(22)28/h4-7,9-15,18,25,35H,8,16-17,19-21H2,1-3H3. The van der Waals surface area contributed by atoms with E-state index in [9.17, 15) is 5.11 Å². The van der Waals surface area contributed by atoms with Gasteiger partial charge in [-0.2, -0.15) is 5.10 Å². The molecule has 0 saturated carbocycles. The number of ether oxygens (including phenoxy) is 1. The van der Waals surface area contributed by atoms with Crippen LogP contribution in [-0.2, 0) is 0 Å². The van der Waals surface area contributed by atoms with Crippen molar-refractivity contribution in [1.29, 1.82) is 0 Å². The highest BCUT2D eigenvalue weighted by molar-refractivity contribution is 5.94. The van der Waals surface area contributed by atoms with E-state index in [1.807, 2.05) is 61.3 Å². The third kappa shape index (κ3) is 5.22. The minimum atomic E-state index is -0.810. The quantitative estimate of drug-likeness (QED) is 0.404. The van der Waals surface area contributed by atoms with Gasteiger partial charge in [-0.1, -0.05) is 24.3 Å². The van der Waals surface area contributed by atoms with Crippen LogP contribution in [0.2, 0.25) is 0 Å². The van der Waals surface area contributed by atoms with Gasteiger partial charge in [0, 0.05) is 44.0 Å². The normalized spacial score (nSPS) is 16.2. The van der Waals surface area contributed by atoms with Gasteiger partial charge in [-0.25, -0.2) is 4.68 Å². The van der Waals surface area contributed by atoms with Gasteiger partial charge in [-0.15, -0.1) is 0 Å². The molecule has 1 atom stereocenters. The molecule has 1 saturated heterocycles. The molecule has 1 fully saturated rings. The molecule has 1 aliphatic heterocycles. The van der Waals surface area contributed by atoms with Crippen LogP contribution in [-0.4, -0.2) is 63.7 Å². The monoisotopic (exact) mass is 485 g/mol. The number of para-hydroxylation sites is 1. The second-order valence-electron chi connectivity index (χ2n) is 10.1. The summed E-state index contributed by atoms with van der Waals surface area (Å²) in [5.41, 5.74) is 3.24. The van der Waals surface area contributed by atoms with Crippen LogP contribution in [0.3, 0.4) is 0 Å². The molecule has 0 bridgehead atoms. The summed E-state index contributed by atoms with van der Waals surface area (Å²) in [5.74, 6) is 0.851. The fourth-order valence-corrected chi connectivity index (χ4v) is 5.19. The highest BCUT2D eigenvalue weighted by Gasteiger charge is 2.31. The van der Waals surface area contributed by atoms with Crippen LogP contribution in [0.5, 0.6) is 5.75 Å². The van der Waals surface area contributed by atoms with Crippen molar-refractivity contribution in [3.63, 3.8) is 0 Å². The van der Waals surface area contributed by atoms with Crippen LogP contribution in [0.4, 0.5) is 5.69 Å². The van der Waals surface area contributed by atoms with E-state index in [-0.39, 0.29) is 6.04 Å². The lowest BCUT2D eigenvalue weighted by Gasteiger charge is -2.33. The smallest absolute Gasteiger partial charge is 0.144 e. The van der Waals surface area contributed by atoms with E-state index in [1.54, 1.807) is 7.11 Å². The topological polar surface area (TPSA) is 66.7 Å². The van der Waals surface area contributed by atoms with E-state index < -0.39 is 5.60 Å². The maximum Gasteiger partial charge on any atom is 0.144 e. The van der Waals surface area contributed by atoms with Crippen LogP contribution in [0.15, 0.2) is 73.1 Å². The van der Waals surface area contributed by atoms with E-state index in [1.165, 1.54) is 0 Å². The Kier molecular flexibility index (Phi) is 6.94. The van der Waals surface area contributed by atoms with Gasteiger partial charge in [0.1, 0.15) is 11.4 Å². The number of benzene rings is 2. The van der Waals surface area contributed by atoms with Gasteiger partial charge in [-0.3, -0.25) is 9.88 Å². The molecule has 1 aliphatic rings. The van der Waals surface area contributed by atoms with E-state index in [0.29, 0.717) is 6.42 Å². The molecule has 1 unspecified atom stereocenters. The highest BCUT2D eigenvalue weighted by Crippen LogP contribution is 2.37. The van der Waals surface area contributed by atoms with E-state index >= 15 is 0 Å². The van der Waals surface area contributed by atoms with E-state index in [0.717, 1.165) is 66.3 Å². The molecule has 7 nitrogen and oxygen atoms in total. The molecule has 1 N–H and O–H groups in total. The summed E-state index contributed by atoms with van der Waals surface area (Å²) >= 11 is 0. The lowest BCUT2D eigenvalue weighted by molar-refractivity contribution is 0.0328. The maximum absolute atomic E-state index is 10.8. The van der Waals surface area contributed by atoms with Crippen LogP contribution in [0, 0.1) is 0 Å². The molecule has 188 valence electrons. The Labute approximate surface area is 212 Å². The third-order valence-corrected chi connectivity index (χ3v) is 6.88. The zero-order chi connectivity index (χ0) is 25.1. The number of methoxy groups -OCH3 is 1. The SMILES string of the molecule is COc1ccc2cccnc2c1N1CCCN(C(CC(C)(C)O)c2ccn(-c3ccccc3)n2)CC1. The van der Waals surface area contributed by atoms with Gasteiger partial charge < -0.3 is 14.7 Å². The summed E-state index contributed by atoms with van der Waals surface area (Å²) in [6.07, 6.45) is 5.46. The minimum absolute atomic E-state index is 0.0162. The lowest BCUT2D eigenvalue weighted by Crippen LogP contribution is -2.37. The zero-order valence-electron chi connectivity index (χ0n) is 21.3. The minimum Gasteiger partial charge on any atom is -0.494 e. The largest absolute Gasteiger partial charge is 0.494 e.